The Kier molecular flexibility index (Phi) is 5.44. The lowest BCUT2D eigenvalue weighted by Crippen LogP contribution is -2.35. The van der Waals surface area contributed by atoms with Crippen LogP contribution in [-0.2, 0) is 0 Å². The normalized spacial score (nSPS) is 12.7. The molecule has 0 aliphatic carbocycles. The van der Waals surface area contributed by atoms with E-state index in [0.717, 1.165) is 11.1 Å². The number of aliphatic hydroxyl groups excluding tert-OH is 1. The molecule has 5 nitrogen and oxygen atoms in total. The lowest BCUT2D eigenvalue weighted by molar-refractivity contribution is 0.105. The molecule has 1 rings (SSSR count). The van der Waals surface area contributed by atoms with Crippen molar-refractivity contribution in [2.45, 2.75) is 39.8 Å². The molecule has 0 saturated heterocycles. The summed E-state index contributed by atoms with van der Waals surface area (Å²) in [6.45, 7) is 8.59. The average Bonchev–Trinajstić information content (AvgIpc) is 2.36. The van der Waals surface area contributed by atoms with Gasteiger partial charge in [-0.1, -0.05) is 13.8 Å². The molecule has 1 atom stereocenters. The second-order valence-corrected chi connectivity index (χ2v) is 5.17. The van der Waals surface area contributed by atoms with Crippen LogP contribution in [-0.4, -0.2) is 30.4 Å². The summed E-state index contributed by atoms with van der Waals surface area (Å²) in [4.78, 5) is 0. The summed E-state index contributed by atoms with van der Waals surface area (Å²) in [5, 5.41) is 12.9. The van der Waals surface area contributed by atoms with E-state index in [1.54, 1.807) is 0 Å². The van der Waals surface area contributed by atoms with Crippen LogP contribution in [0, 0.1) is 13.8 Å². The molecule has 0 bridgehead atoms. The number of nitrogen functional groups attached to an aromatic ring is 2. The molecule has 0 radical (unpaired) electrons. The van der Waals surface area contributed by atoms with Gasteiger partial charge in [-0.25, -0.2) is 0 Å². The van der Waals surface area contributed by atoms with Crippen LogP contribution in [0.4, 0.5) is 11.4 Å². The number of nitrogens with one attached hydrogen (secondary N) is 1. The molecule has 0 saturated carbocycles. The number of nitrogens with two attached hydrogens (primary N) is 2. The topological polar surface area (TPSA) is 93.5 Å². The summed E-state index contributed by atoms with van der Waals surface area (Å²) in [7, 11) is 0. The molecule has 1 aromatic rings. The van der Waals surface area contributed by atoms with Gasteiger partial charge in [0.05, 0.1) is 11.4 Å². The standard InChI is InChI=1S/C14H25N3O2/c1-8(2)17-6-11(18)7-19-12-5-9(3)10(4)13(15)14(12)16/h5,8,11,17-18H,6-7,15-16H2,1-4H3. The van der Waals surface area contributed by atoms with Gasteiger partial charge in [-0.2, -0.15) is 0 Å². The lowest BCUT2D eigenvalue weighted by atomic mass is 10.1. The number of benzene rings is 1. The smallest absolute Gasteiger partial charge is 0.144 e. The molecular formula is C14H25N3O2. The molecule has 5 heteroatoms. The zero-order chi connectivity index (χ0) is 14.6. The minimum Gasteiger partial charge on any atom is -0.489 e. The molecule has 0 aliphatic heterocycles. The van der Waals surface area contributed by atoms with Gasteiger partial charge in [0, 0.05) is 12.6 Å². The highest BCUT2D eigenvalue weighted by Gasteiger charge is 2.12. The monoisotopic (exact) mass is 267 g/mol. The first-order valence-corrected chi connectivity index (χ1v) is 6.52. The van der Waals surface area contributed by atoms with Crippen molar-refractivity contribution in [1.82, 2.24) is 5.32 Å². The Morgan fingerprint density at radius 3 is 2.47 bits per heavy atom. The summed E-state index contributed by atoms with van der Waals surface area (Å²) in [6.07, 6.45) is -0.579. The van der Waals surface area contributed by atoms with E-state index in [-0.39, 0.29) is 6.61 Å². The zero-order valence-electron chi connectivity index (χ0n) is 12.2. The fourth-order valence-corrected chi connectivity index (χ4v) is 1.67. The summed E-state index contributed by atoms with van der Waals surface area (Å²) in [5.74, 6) is 0.532. The largest absolute Gasteiger partial charge is 0.489 e. The van der Waals surface area contributed by atoms with E-state index in [2.05, 4.69) is 5.32 Å². The Morgan fingerprint density at radius 1 is 1.26 bits per heavy atom. The summed E-state index contributed by atoms with van der Waals surface area (Å²) in [5.41, 5.74) is 14.8. The molecular weight excluding hydrogens is 242 g/mol. The zero-order valence-corrected chi connectivity index (χ0v) is 12.2. The van der Waals surface area contributed by atoms with Gasteiger partial charge in [0.2, 0.25) is 0 Å². The maximum absolute atomic E-state index is 9.78. The molecule has 0 heterocycles. The van der Waals surface area contributed by atoms with Gasteiger partial charge in [0.15, 0.2) is 0 Å². The summed E-state index contributed by atoms with van der Waals surface area (Å²) < 4.78 is 5.55. The van der Waals surface area contributed by atoms with Crippen molar-refractivity contribution in [3.05, 3.63) is 17.2 Å². The van der Waals surface area contributed by atoms with Crippen molar-refractivity contribution in [2.24, 2.45) is 0 Å². The lowest BCUT2D eigenvalue weighted by Gasteiger charge is -2.18. The molecule has 1 unspecified atom stereocenters. The van der Waals surface area contributed by atoms with Gasteiger partial charge < -0.3 is 26.6 Å². The van der Waals surface area contributed by atoms with Gasteiger partial charge >= 0.3 is 0 Å². The van der Waals surface area contributed by atoms with Crippen molar-refractivity contribution in [3.8, 4) is 5.75 Å². The molecule has 6 N–H and O–H groups in total. The third kappa shape index (κ3) is 4.29. The molecule has 0 aromatic heterocycles. The third-order valence-corrected chi connectivity index (χ3v) is 3.09. The molecule has 1 aromatic carbocycles. The molecule has 108 valence electrons. The number of ether oxygens (including phenoxy) is 1. The van der Waals surface area contributed by atoms with Crippen LogP contribution in [0.5, 0.6) is 5.75 Å². The van der Waals surface area contributed by atoms with Crippen molar-refractivity contribution >= 4 is 11.4 Å². The van der Waals surface area contributed by atoms with Crippen molar-refractivity contribution < 1.29 is 9.84 Å². The van der Waals surface area contributed by atoms with Gasteiger partial charge in [-0.3, -0.25) is 0 Å². The predicted octanol–water partition coefficient (Wildman–Crippen LogP) is 1.21. The van der Waals surface area contributed by atoms with Crippen LogP contribution in [0.3, 0.4) is 0 Å². The van der Waals surface area contributed by atoms with Gasteiger partial charge in [-0.05, 0) is 31.0 Å². The second-order valence-electron chi connectivity index (χ2n) is 5.17. The molecule has 0 spiro atoms. The fourth-order valence-electron chi connectivity index (χ4n) is 1.67. The number of anilines is 2. The van der Waals surface area contributed by atoms with Gasteiger partial charge in [0.1, 0.15) is 18.5 Å². The van der Waals surface area contributed by atoms with Crippen LogP contribution in [0.25, 0.3) is 0 Å². The van der Waals surface area contributed by atoms with E-state index < -0.39 is 6.10 Å². The Labute approximate surface area is 114 Å². The number of rotatable bonds is 6. The molecule has 0 aliphatic rings. The average molecular weight is 267 g/mol. The minimum atomic E-state index is -0.579. The van der Waals surface area contributed by atoms with E-state index in [4.69, 9.17) is 16.2 Å². The predicted molar refractivity (Wildman–Crippen MR) is 79.4 cm³/mol. The van der Waals surface area contributed by atoms with Gasteiger partial charge in [0.25, 0.3) is 0 Å². The molecule has 19 heavy (non-hydrogen) atoms. The third-order valence-electron chi connectivity index (χ3n) is 3.09. The first-order valence-electron chi connectivity index (χ1n) is 6.52. The fraction of sp³-hybridized carbons (Fsp3) is 0.571. The van der Waals surface area contributed by atoms with E-state index in [9.17, 15) is 5.11 Å². The van der Waals surface area contributed by atoms with E-state index >= 15 is 0 Å². The maximum atomic E-state index is 9.78. The SMILES string of the molecule is Cc1cc(OCC(O)CNC(C)C)c(N)c(N)c1C. The van der Waals surface area contributed by atoms with Crippen LogP contribution in [0.2, 0.25) is 0 Å². The van der Waals surface area contributed by atoms with Gasteiger partial charge in [-0.15, -0.1) is 0 Å². The first kappa shape index (κ1) is 15.6. The van der Waals surface area contributed by atoms with E-state index in [0.29, 0.717) is 29.7 Å². The summed E-state index contributed by atoms with van der Waals surface area (Å²) >= 11 is 0. The Bertz CT molecular complexity index is 433. The number of hydrogen-bond acceptors (Lipinski definition) is 5. The second kappa shape index (κ2) is 6.63. The highest BCUT2D eigenvalue weighted by atomic mass is 16.5. The maximum Gasteiger partial charge on any atom is 0.144 e. The highest BCUT2D eigenvalue weighted by molar-refractivity contribution is 5.75. The Morgan fingerprint density at radius 2 is 1.89 bits per heavy atom. The minimum absolute atomic E-state index is 0.186. The first-order chi connectivity index (χ1) is 8.82. The molecule has 0 fully saturated rings. The van der Waals surface area contributed by atoms with Crippen molar-refractivity contribution in [2.75, 3.05) is 24.6 Å². The van der Waals surface area contributed by atoms with Crippen LogP contribution < -0.4 is 21.5 Å². The highest BCUT2D eigenvalue weighted by Crippen LogP contribution is 2.32. The number of aryl methyl sites for hydroxylation is 1. The van der Waals surface area contributed by atoms with Crippen molar-refractivity contribution in [3.63, 3.8) is 0 Å². The van der Waals surface area contributed by atoms with E-state index in [1.807, 2.05) is 33.8 Å². The number of aliphatic hydroxyl groups is 1. The Hall–Kier alpha value is -1.46. The van der Waals surface area contributed by atoms with Crippen LogP contribution in [0.1, 0.15) is 25.0 Å². The number of hydrogen-bond donors (Lipinski definition) is 4. The van der Waals surface area contributed by atoms with Crippen LogP contribution >= 0.6 is 0 Å². The summed E-state index contributed by atoms with van der Waals surface area (Å²) in [6, 6.07) is 2.18. The quantitative estimate of drug-likeness (QED) is 0.581. The molecule has 0 amide bonds. The Balaban J connectivity index is 2.63. The van der Waals surface area contributed by atoms with E-state index in [1.165, 1.54) is 0 Å². The van der Waals surface area contributed by atoms with Crippen molar-refractivity contribution in [1.29, 1.82) is 0 Å². The van der Waals surface area contributed by atoms with Crippen LogP contribution in [0.15, 0.2) is 6.07 Å².